The second-order valence-corrected chi connectivity index (χ2v) is 9.83. The molecule has 9 nitrogen and oxygen atoms in total. The van der Waals surface area contributed by atoms with Crippen molar-refractivity contribution in [2.75, 3.05) is 13.2 Å². The molecule has 0 aromatic heterocycles. The monoisotopic (exact) mass is 506 g/mol. The number of carboxylic acids is 2. The van der Waals surface area contributed by atoms with E-state index in [9.17, 15) is 34.8 Å². The van der Waals surface area contributed by atoms with Gasteiger partial charge in [-0.25, -0.2) is 4.79 Å². The Morgan fingerprint density at radius 1 is 1.24 bits per heavy atom. The van der Waals surface area contributed by atoms with Crippen LogP contribution in [0.1, 0.15) is 65.2 Å². The number of carboxylic acid groups (broad SMARTS) is 2. The van der Waals surface area contributed by atoms with E-state index in [1.165, 1.54) is 5.57 Å². The summed E-state index contributed by atoms with van der Waals surface area (Å²) in [4.78, 5) is 30.9. The van der Waals surface area contributed by atoms with Gasteiger partial charge in [0.25, 0.3) is 0 Å². The molecule has 5 atom stereocenters. The summed E-state index contributed by atoms with van der Waals surface area (Å²) in [7, 11) is 0. The molecule has 0 spiro atoms. The van der Waals surface area contributed by atoms with Crippen LogP contribution >= 0.6 is 0 Å². The van der Waals surface area contributed by atoms with E-state index in [0.717, 1.165) is 25.7 Å². The number of fused-ring (bicyclic) bond motifs is 1. The van der Waals surface area contributed by atoms with E-state index < -0.39 is 35.8 Å². The molecule has 2 saturated carbocycles. The smallest absolute Gasteiger partial charge is 0.550 e. The zero-order valence-corrected chi connectivity index (χ0v) is 23.5. The van der Waals surface area contributed by atoms with Gasteiger partial charge in [-0.2, -0.15) is 0 Å². The predicted octanol–water partition coefficient (Wildman–Crippen LogP) is -1.52. The van der Waals surface area contributed by atoms with Crippen LogP contribution in [0.5, 0.6) is 0 Å². The molecular weight excluding hydrogens is 471 g/mol. The molecule has 3 rings (SSSR count). The second-order valence-electron chi connectivity index (χ2n) is 9.83. The summed E-state index contributed by atoms with van der Waals surface area (Å²) < 4.78 is 4.89. The largest absolute Gasteiger partial charge is 1.00 e. The van der Waals surface area contributed by atoms with Gasteiger partial charge in [-0.1, -0.05) is 26.0 Å². The first-order valence-electron chi connectivity index (χ1n) is 11.3. The van der Waals surface area contributed by atoms with Crippen molar-refractivity contribution in [3.63, 3.8) is 0 Å². The molecule has 1 aliphatic heterocycles. The van der Waals surface area contributed by atoms with Crippen LogP contribution < -0.4 is 56.5 Å². The number of carbonyl (C=O) groups is 3. The minimum absolute atomic E-state index is 0. The van der Waals surface area contributed by atoms with E-state index in [4.69, 9.17) is 9.84 Å². The van der Waals surface area contributed by atoms with Gasteiger partial charge in [-0.15, -0.1) is 0 Å². The molecule has 2 aliphatic carbocycles. The number of rotatable bonds is 7. The van der Waals surface area contributed by atoms with Crippen LogP contribution in [0.3, 0.4) is 0 Å². The van der Waals surface area contributed by atoms with Crippen molar-refractivity contribution in [3.8, 4) is 0 Å². The summed E-state index contributed by atoms with van der Waals surface area (Å²) in [5.41, 5.74) is 1.01. The van der Waals surface area contributed by atoms with Gasteiger partial charge >= 0.3 is 63.3 Å². The van der Waals surface area contributed by atoms with Crippen molar-refractivity contribution in [2.45, 2.75) is 71.3 Å². The van der Waals surface area contributed by atoms with Gasteiger partial charge in [-0.3, -0.25) is 4.79 Å². The first-order valence-corrected chi connectivity index (χ1v) is 11.3. The van der Waals surface area contributed by atoms with Gasteiger partial charge in [0.1, 0.15) is 12.4 Å². The molecule has 0 amide bonds. The predicted molar refractivity (Wildman–Crippen MR) is 116 cm³/mol. The van der Waals surface area contributed by atoms with Gasteiger partial charge < -0.3 is 35.1 Å². The Labute approximate surface area is 242 Å². The Morgan fingerprint density at radius 2 is 1.88 bits per heavy atom. The van der Waals surface area contributed by atoms with Crippen molar-refractivity contribution in [1.82, 2.24) is 0 Å². The number of aliphatic hydroxyl groups excluding tert-OH is 3. The Bertz CT molecular complexity index is 809. The number of ether oxygens (including phenoxy) is 1. The molecule has 4 N–H and O–H groups in total. The molecule has 0 aromatic rings. The molecule has 0 saturated heterocycles. The topological polar surface area (TPSA) is 164 Å². The third kappa shape index (κ3) is 6.93. The summed E-state index contributed by atoms with van der Waals surface area (Å²) >= 11 is 0. The molecule has 0 unspecified atom stereocenters. The van der Waals surface area contributed by atoms with Crippen molar-refractivity contribution < 1.29 is 96.0 Å². The van der Waals surface area contributed by atoms with E-state index >= 15 is 0 Å². The molecule has 0 bridgehead atoms. The maximum absolute atomic E-state index is 11.8. The first kappa shape index (κ1) is 31.3. The van der Waals surface area contributed by atoms with Crippen LogP contribution in [0.2, 0.25) is 0 Å². The van der Waals surface area contributed by atoms with Gasteiger partial charge in [0.15, 0.2) is 0 Å². The van der Waals surface area contributed by atoms with Gasteiger partial charge in [0.2, 0.25) is 0 Å². The van der Waals surface area contributed by atoms with E-state index in [1.807, 2.05) is 6.92 Å². The van der Waals surface area contributed by atoms with Crippen LogP contribution in [0.4, 0.5) is 0 Å². The van der Waals surface area contributed by atoms with Crippen LogP contribution in [-0.2, 0) is 19.1 Å². The van der Waals surface area contributed by atoms with Crippen molar-refractivity contribution in [1.29, 1.82) is 0 Å². The quantitative estimate of drug-likeness (QED) is 0.182. The zero-order chi connectivity index (χ0) is 25.0. The number of carbonyl (C=O) groups excluding carboxylic acids is 2. The minimum Gasteiger partial charge on any atom is -0.550 e. The number of allylic oxidation sites excluding steroid dienone is 1. The average Bonchev–Trinajstić information content (AvgIpc) is 3.07. The Kier molecular flexibility index (Phi) is 11.9. The standard InChI is InChI=1S/C20H30O5.C4H6O4.K/c1-12-4-7-16-19(2,9-8-17(23)20(16,3)11-21)14(12)6-5-13-15(22)10-25-18(13)24;5-3(6)1-2-4(7)8;/h14,16-17,21-23H,1,4-11H2,2-3H3;1-2H2,(H,5,6)(H,7,8);/q;;+1/p-1/t14-,16+,17-,19+,20+;;/m1../s1. The van der Waals surface area contributed by atoms with E-state index in [1.54, 1.807) is 0 Å². The van der Waals surface area contributed by atoms with Crippen molar-refractivity contribution >= 4 is 17.9 Å². The number of hydrogen-bond donors (Lipinski definition) is 4. The minimum atomic E-state index is -1.33. The van der Waals surface area contributed by atoms with E-state index in [0.29, 0.717) is 18.4 Å². The zero-order valence-electron chi connectivity index (χ0n) is 20.3. The van der Waals surface area contributed by atoms with Gasteiger partial charge in [0.05, 0.1) is 24.7 Å². The number of hydrogen-bond acceptors (Lipinski definition) is 8. The summed E-state index contributed by atoms with van der Waals surface area (Å²) in [6.07, 6.45) is 3.32. The molecular formula is C24H35KO9. The van der Waals surface area contributed by atoms with Crippen molar-refractivity contribution in [3.05, 3.63) is 23.5 Å². The fraction of sp³-hybridized carbons (Fsp3) is 0.708. The third-order valence-electron chi connectivity index (χ3n) is 7.85. The van der Waals surface area contributed by atoms with Crippen LogP contribution in [0.15, 0.2) is 23.5 Å². The fourth-order valence-corrected chi connectivity index (χ4v) is 5.90. The van der Waals surface area contributed by atoms with Crippen molar-refractivity contribution in [2.24, 2.45) is 22.7 Å². The molecule has 0 aromatic carbocycles. The SMILES string of the molecule is C=C1CC[C@@H]2[C@](C)(CO)[C@H](O)CC[C@@]2(C)[C@@H]1CCC1=C(O)COC1=O.O=C([O-])CCC(=O)O.[K+]. The van der Waals surface area contributed by atoms with E-state index in [2.05, 4.69) is 13.5 Å². The number of aliphatic carboxylic acids is 2. The summed E-state index contributed by atoms with van der Waals surface area (Å²) in [6.45, 7) is 8.48. The normalized spacial score (nSPS) is 32.6. The van der Waals surface area contributed by atoms with Gasteiger partial charge in [-0.05, 0) is 62.2 Å². The fourth-order valence-electron chi connectivity index (χ4n) is 5.90. The molecule has 2 fully saturated rings. The average molecular weight is 507 g/mol. The Morgan fingerprint density at radius 3 is 2.35 bits per heavy atom. The summed E-state index contributed by atoms with van der Waals surface area (Å²) in [6, 6.07) is 0. The summed E-state index contributed by atoms with van der Waals surface area (Å²) in [5.74, 6) is -2.39. The van der Waals surface area contributed by atoms with Crippen LogP contribution in [0, 0.1) is 22.7 Å². The molecule has 10 heteroatoms. The number of cyclic esters (lactones) is 1. The summed E-state index contributed by atoms with van der Waals surface area (Å²) in [5, 5.41) is 47.8. The molecule has 34 heavy (non-hydrogen) atoms. The Balaban J connectivity index is 0.000000556. The number of esters is 1. The van der Waals surface area contributed by atoms with Crippen LogP contribution in [-0.4, -0.2) is 57.7 Å². The molecule has 186 valence electrons. The first-order chi connectivity index (χ1) is 15.4. The molecule has 0 radical (unpaired) electrons. The third-order valence-corrected chi connectivity index (χ3v) is 7.85. The van der Waals surface area contributed by atoms with E-state index in [-0.39, 0.29) is 94.0 Å². The second kappa shape index (κ2) is 13.0. The maximum Gasteiger partial charge on any atom is 1.00 e. The number of aliphatic hydroxyl groups is 3. The van der Waals surface area contributed by atoms with Crippen LogP contribution in [0.25, 0.3) is 0 Å². The molecule has 3 aliphatic rings. The Hall–Kier alpha value is -0.754. The maximum atomic E-state index is 11.8. The molecule has 1 heterocycles. The van der Waals surface area contributed by atoms with Gasteiger partial charge in [0, 0.05) is 11.4 Å².